The van der Waals surface area contributed by atoms with Crippen LogP contribution in [-0.4, -0.2) is 32.3 Å². The second-order valence-corrected chi connectivity index (χ2v) is 7.83. The Balaban J connectivity index is 1.64. The third kappa shape index (κ3) is 3.80. The number of carbonyl (C=O) groups is 1. The minimum atomic E-state index is -0.175. The van der Waals surface area contributed by atoms with E-state index in [4.69, 9.17) is 27.7 Å². The molecule has 0 unspecified atom stereocenters. The fourth-order valence-electron chi connectivity index (χ4n) is 3.64. The number of carbonyl (C=O) groups excluding carboxylic acids is 1. The summed E-state index contributed by atoms with van der Waals surface area (Å²) < 4.78 is 7.09. The number of likely N-dealkylation sites (tertiary alicyclic amines) is 1. The summed E-state index contributed by atoms with van der Waals surface area (Å²) in [5, 5.41) is 9.68. The molecule has 3 heterocycles. The second-order valence-electron chi connectivity index (χ2n) is 6.99. The number of hydrogen-bond donors (Lipinski definition) is 0. The SMILES string of the molecule is Cn1cc(Cl)c([C@H]2CCCCCN2C(=O)c2cc(-c3cccc(Cl)c3)on2)n1. The third-order valence-corrected chi connectivity index (χ3v) is 5.50. The van der Waals surface area contributed by atoms with Gasteiger partial charge >= 0.3 is 0 Å². The minimum absolute atomic E-state index is 0.171. The molecule has 3 aromatic rings. The minimum Gasteiger partial charge on any atom is -0.355 e. The Morgan fingerprint density at radius 3 is 2.82 bits per heavy atom. The molecule has 1 aromatic carbocycles. The van der Waals surface area contributed by atoms with Crippen molar-refractivity contribution in [3.8, 4) is 11.3 Å². The van der Waals surface area contributed by atoms with E-state index >= 15 is 0 Å². The smallest absolute Gasteiger partial charge is 0.276 e. The van der Waals surface area contributed by atoms with E-state index in [1.54, 1.807) is 29.1 Å². The first kappa shape index (κ1) is 19.0. The Labute approximate surface area is 173 Å². The fraction of sp³-hybridized carbons (Fsp3) is 0.350. The summed E-state index contributed by atoms with van der Waals surface area (Å²) in [6, 6.07) is 8.74. The van der Waals surface area contributed by atoms with E-state index in [9.17, 15) is 4.79 Å². The summed E-state index contributed by atoms with van der Waals surface area (Å²) in [5.41, 5.74) is 1.78. The van der Waals surface area contributed by atoms with Gasteiger partial charge < -0.3 is 9.42 Å². The molecule has 1 aliphatic rings. The molecule has 1 amide bonds. The topological polar surface area (TPSA) is 64.2 Å². The first-order valence-corrected chi connectivity index (χ1v) is 10.0. The van der Waals surface area contributed by atoms with Crippen molar-refractivity contribution in [2.24, 2.45) is 7.05 Å². The second kappa shape index (κ2) is 7.97. The number of nitrogens with zero attached hydrogens (tertiary/aromatic N) is 4. The lowest BCUT2D eigenvalue weighted by molar-refractivity contribution is 0.0666. The molecule has 1 fully saturated rings. The normalized spacial score (nSPS) is 17.5. The lowest BCUT2D eigenvalue weighted by atomic mass is 10.1. The zero-order valence-electron chi connectivity index (χ0n) is 15.4. The number of aromatic nitrogens is 3. The number of aryl methyl sites for hydroxylation is 1. The number of halogens is 2. The van der Waals surface area contributed by atoms with E-state index in [0.717, 1.165) is 36.9 Å². The molecule has 0 saturated carbocycles. The average molecular weight is 419 g/mol. The van der Waals surface area contributed by atoms with Gasteiger partial charge in [-0.3, -0.25) is 9.48 Å². The van der Waals surface area contributed by atoms with Gasteiger partial charge in [0.1, 0.15) is 5.69 Å². The van der Waals surface area contributed by atoms with Gasteiger partial charge in [-0.1, -0.05) is 53.3 Å². The number of hydrogen-bond acceptors (Lipinski definition) is 4. The van der Waals surface area contributed by atoms with E-state index in [2.05, 4.69) is 10.3 Å². The Kier molecular flexibility index (Phi) is 5.42. The van der Waals surface area contributed by atoms with Crippen LogP contribution in [0.4, 0.5) is 0 Å². The van der Waals surface area contributed by atoms with Crippen molar-refractivity contribution in [1.29, 1.82) is 0 Å². The number of amides is 1. The highest BCUT2D eigenvalue weighted by Crippen LogP contribution is 2.34. The quantitative estimate of drug-likeness (QED) is 0.590. The zero-order valence-corrected chi connectivity index (χ0v) is 17.0. The van der Waals surface area contributed by atoms with Crippen LogP contribution in [0.1, 0.15) is 47.9 Å². The molecule has 1 atom stereocenters. The van der Waals surface area contributed by atoms with E-state index in [-0.39, 0.29) is 17.6 Å². The van der Waals surface area contributed by atoms with Gasteiger partial charge in [-0.2, -0.15) is 5.10 Å². The van der Waals surface area contributed by atoms with E-state index < -0.39 is 0 Å². The van der Waals surface area contributed by atoms with Crippen LogP contribution in [0.15, 0.2) is 41.1 Å². The monoisotopic (exact) mass is 418 g/mol. The molecule has 1 saturated heterocycles. The largest absolute Gasteiger partial charge is 0.355 e. The van der Waals surface area contributed by atoms with Crippen LogP contribution < -0.4 is 0 Å². The summed E-state index contributed by atoms with van der Waals surface area (Å²) in [4.78, 5) is 15.1. The standard InChI is InChI=1S/C20H20Cl2N4O2/c1-25-12-15(22)19(23-25)17-8-3-2-4-9-26(17)20(27)16-11-18(28-24-16)13-6-5-7-14(21)10-13/h5-7,10-12,17H,2-4,8-9H2,1H3/t17-/m1/s1. The molecule has 2 aromatic heterocycles. The van der Waals surface area contributed by atoms with Crippen molar-refractivity contribution in [1.82, 2.24) is 19.8 Å². The first-order valence-electron chi connectivity index (χ1n) is 9.25. The molecule has 0 bridgehead atoms. The van der Waals surface area contributed by atoms with E-state index in [0.29, 0.717) is 22.4 Å². The Bertz CT molecular complexity index is 998. The third-order valence-electron chi connectivity index (χ3n) is 4.98. The van der Waals surface area contributed by atoms with Crippen LogP contribution in [0.5, 0.6) is 0 Å². The fourth-order valence-corrected chi connectivity index (χ4v) is 4.13. The van der Waals surface area contributed by atoms with Gasteiger partial charge in [0.05, 0.1) is 11.1 Å². The summed E-state index contributed by atoms with van der Waals surface area (Å²) in [7, 11) is 1.83. The van der Waals surface area contributed by atoms with E-state index in [1.807, 2.05) is 24.1 Å². The van der Waals surface area contributed by atoms with Gasteiger partial charge in [-0.05, 0) is 25.0 Å². The van der Waals surface area contributed by atoms with Gasteiger partial charge in [-0.15, -0.1) is 0 Å². The van der Waals surface area contributed by atoms with Crippen LogP contribution in [0.25, 0.3) is 11.3 Å². The summed E-state index contributed by atoms with van der Waals surface area (Å²) in [6.07, 6.45) is 5.61. The predicted molar refractivity (Wildman–Crippen MR) is 107 cm³/mol. The van der Waals surface area contributed by atoms with Gasteiger partial charge in [0.2, 0.25) is 0 Å². The molecule has 8 heteroatoms. The van der Waals surface area contributed by atoms with Gasteiger partial charge in [0.15, 0.2) is 11.5 Å². The van der Waals surface area contributed by atoms with Crippen molar-refractivity contribution in [3.63, 3.8) is 0 Å². The lowest BCUT2D eigenvalue weighted by Gasteiger charge is -2.28. The predicted octanol–water partition coefficient (Wildman–Crippen LogP) is 5.14. The molecule has 0 spiro atoms. The van der Waals surface area contributed by atoms with Crippen molar-refractivity contribution in [3.05, 3.63) is 58.0 Å². The number of benzene rings is 1. The Hall–Kier alpha value is -2.31. The lowest BCUT2D eigenvalue weighted by Crippen LogP contribution is -2.35. The molecule has 0 radical (unpaired) electrons. The first-order chi connectivity index (χ1) is 13.5. The molecule has 1 aliphatic heterocycles. The van der Waals surface area contributed by atoms with Gasteiger partial charge in [-0.25, -0.2) is 0 Å². The Morgan fingerprint density at radius 1 is 1.21 bits per heavy atom. The maximum Gasteiger partial charge on any atom is 0.276 e. The van der Waals surface area contributed by atoms with Crippen molar-refractivity contribution in [2.45, 2.75) is 31.7 Å². The highest BCUT2D eigenvalue weighted by Gasteiger charge is 2.32. The van der Waals surface area contributed by atoms with Crippen LogP contribution in [-0.2, 0) is 7.05 Å². The highest BCUT2D eigenvalue weighted by molar-refractivity contribution is 6.31. The molecule has 28 heavy (non-hydrogen) atoms. The summed E-state index contributed by atoms with van der Waals surface area (Å²) >= 11 is 12.4. The molecule has 4 rings (SSSR count). The van der Waals surface area contributed by atoms with Crippen LogP contribution in [0.3, 0.4) is 0 Å². The van der Waals surface area contributed by atoms with Crippen LogP contribution >= 0.6 is 23.2 Å². The summed E-state index contributed by atoms with van der Waals surface area (Å²) in [6.45, 7) is 0.635. The summed E-state index contributed by atoms with van der Waals surface area (Å²) in [5.74, 6) is 0.332. The molecule has 6 nitrogen and oxygen atoms in total. The molecule has 146 valence electrons. The molecular formula is C20H20Cl2N4O2. The maximum absolute atomic E-state index is 13.3. The van der Waals surface area contributed by atoms with Crippen LogP contribution in [0, 0.1) is 0 Å². The van der Waals surface area contributed by atoms with Crippen molar-refractivity contribution < 1.29 is 9.32 Å². The van der Waals surface area contributed by atoms with Gasteiger partial charge in [0.25, 0.3) is 5.91 Å². The van der Waals surface area contributed by atoms with Crippen molar-refractivity contribution in [2.75, 3.05) is 6.54 Å². The molecule has 0 N–H and O–H groups in total. The highest BCUT2D eigenvalue weighted by atomic mass is 35.5. The van der Waals surface area contributed by atoms with Gasteiger partial charge in [0, 0.05) is 36.4 Å². The van der Waals surface area contributed by atoms with Crippen LogP contribution in [0.2, 0.25) is 10.0 Å². The molecular weight excluding hydrogens is 399 g/mol. The average Bonchev–Trinajstić information content (AvgIpc) is 3.20. The van der Waals surface area contributed by atoms with Crippen molar-refractivity contribution >= 4 is 29.1 Å². The Morgan fingerprint density at radius 2 is 2.07 bits per heavy atom. The zero-order chi connectivity index (χ0) is 19.7. The molecule has 0 aliphatic carbocycles. The maximum atomic E-state index is 13.3. The van der Waals surface area contributed by atoms with E-state index in [1.165, 1.54) is 0 Å². The number of rotatable bonds is 3.